The van der Waals surface area contributed by atoms with Crippen molar-refractivity contribution in [2.45, 2.75) is 45.4 Å². The molecule has 0 bridgehead atoms. The molecule has 0 aliphatic carbocycles. The van der Waals surface area contributed by atoms with Gasteiger partial charge in [0.25, 0.3) is 0 Å². The summed E-state index contributed by atoms with van der Waals surface area (Å²) in [4.78, 5) is 25.2. The highest BCUT2D eigenvalue weighted by molar-refractivity contribution is 6.35. The maximum absolute atomic E-state index is 11.5. The van der Waals surface area contributed by atoms with E-state index < -0.39 is 11.8 Å². The summed E-state index contributed by atoms with van der Waals surface area (Å²) in [5.41, 5.74) is 2.58. The van der Waals surface area contributed by atoms with Crippen LogP contribution in [-0.4, -0.2) is 38.0 Å². The number of benzene rings is 1. The Bertz CT molecular complexity index is 520. The molecule has 0 aromatic heterocycles. The van der Waals surface area contributed by atoms with E-state index in [0.717, 1.165) is 25.9 Å². The van der Waals surface area contributed by atoms with Gasteiger partial charge in [-0.05, 0) is 50.3 Å². The zero-order chi connectivity index (χ0) is 17.2. The second-order valence-corrected chi connectivity index (χ2v) is 6.29. The third-order valence-electron chi connectivity index (χ3n) is 4.38. The van der Waals surface area contributed by atoms with Crippen molar-refractivity contribution >= 4 is 17.5 Å². The summed E-state index contributed by atoms with van der Waals surface area (Å²) in [6.07, 6.45) is 6.98. The van der Waals surface area contributed by atoms with Crippen molar-refractivity contribution in [3.63, 3.8) is 0 Å². The number of nitrogens with zero attached hydrogens (tertiary/aromatic N) is 1. The molecule has 0 unspecified atom stereocenters. The van der Waals surface area contributed by atoms with Gasteiger partial charge in [0.05, 0.1) is 0 Å². The van der Waals surface area contributed by atoms with Gasteiger partial charge in [0.1, 0.15) is 0 Å². The van der Waals surface area contributed by atoms with Crippen LogP contribution in [0.1, 0.15) is 44.6 Å². The van der Waals surface area contributed by atoms with E-state index in [-0.39, 0.29) is 0 Å². The van der Waals surface area contributed by atoms with Gasteiger partial charge in [-0.25, -0.2) is 0 Å². The number of nitrogens with one attached hydrogen (secondary N) is 2. The predicted molar refractivity (Wildman–Crippen MR) is 97.1 cm³/mol. The summed E-state index contributed by atoms with van der Waals surface area (Å²) < 4.78 is 0. The van der Waals surface area contributed by atoms with Crippen molar-refractivity contribution in [2.75, 3.05) is 31.1 Å². The van der Waals surface area contributed by atoms with Crippen LogP contribution in [0.25, 0.3) is 0 Å². The molecule has 1 aromatic carbocycles. The summed E-state index contributed by atoms with van der Waals surface area (Å²) in [5, 5.41) is 5.14. The van der Waals surface area contributed by atoms with Gasteiger partial charge in [-0.1, -0.05) is 25.0 Å². The van der Waals surface area contributed by atoms with Gasteiger partial charge >= 0.3 is 11.8 Å². The molecule has 2 N–H and O–H groups in total. The van der Waals surface area contributed by atoms with Gasteiger partial charge in [0.2, 0.25) is 0 Å². The Morgan fingerprint density at radius 3 is 2.21 bits per heavy atom. The van der Waals surface area contributed by atoms with Crippen LogP contribution in [0.15, 0.2) is 24.3 Å². The topological polar surface area (TPSA) is 61.4 Å². The number of anilines is 1. The maximum atomic E-state index is 11.5. The second kappa shape index (κ2) is 9.96. The first-order valence-electron chi connectivity index (χ1n) is 9.10. The number of likely N-dealkylation sites (N-methyl/N-ethyl adjacent to an activating group) is 1. The Morgan fingerprint density at radius 1 is 0.958 bits per heavy atom. The maximum Gasteiger partial charge on any atom is 0.309 e. The minimum absolute atomic E-state index is 0.468. The van der Waals surface area contributed by atoms with Crippen molar-refractivity contribution in [1.82, 2.24) is 10.6 Å². The minimum Gasteiger partial charge on any atom is -0.372 e. The van der Waals surface area contributed by atoms with Gasteiger partial charge in [-0.3, -0.25) is 9.59 Å². The highest BCUT2D eigenvalue weighted by Gasteiger charge is 2.11. The van der Waals surface area contributed by atoms with Gasteiger partial charge < -0.3 is 15.5 Å². The van der Waals surface area contributed by atoms with E-state index in [1.807, 2.05) is 0 Å². The highest BCUT2D eigenvalue weighted by atomic mass is 16.2. The molecule has 1 heterocycles. The molecule has 1 aromatic rings. The molecular formula is C19H29N3O2. The van der Waals surface area contributed by atoms with Crippen molar-refractivity contribution in [1.29, 1.82) is 0 Å². The third kappa shape index (κ3) is 5.87. The van der Waals surface area contributed by atoms with Crippen LogP contribution in [0.4, 0.5) is 5.69 Å². The van der Waals surface area contributed by atoms with Crippen LogP contribution >= 0.6 is 0 Å². The molecular weight excluding hydrogens is 302 g/mol. The second-order valence-electron chi connectivity index (χ2n) is 6.29. The lowest BCUT2D eigenvalue weighted by molar-refractivity contribution is -0.139. The first-order valence-corrected chi connectivity index (χ1v) is 9.10. The standard InChI is InChI=1S/C19H29N3O2/c1-2-20-18(23)19(24)21-13-7-8-16-9-11-17(12-10-16)22-14-5-3-4-6-15-22/h9-12H,2-8,13-15H2,1H3,(H,20,23)(H,21,24). The van der Waals surface area contributed by atoms with Gasteiger partial charge in [0, 0.05) is 31.9 Å². The van der Waals surface area contributed by atoms with E-state index in [1.165, 1.54) is 36.9 Å². The van der Waals surface area contributed by atoms with Gasteiger partial charge in [-0.2, -0.15) is 0 Å². The quantitative estimate of drug-likeness (QED) is 0.621. The molecule has 24 heavy (non-hydrogen) atoms. The van der Waals surface area contributed by atoms with E-state index in [0.29, 0.717) is 13.1 Å². The molecule has 2 rings (SSSR count). The molecule has 132 valence electrons. The lowest BCUT2D eigenvalue weighted by Crippen LogP contribution is -2.40. The number of carbonyl (C=O) groups is 2. The fraction of sp³-hybridized carbons (Fsp3) is 0.579. The van der Waals surface area contributed by atoms with Crippen molar-refractivity contribution < 1.29 is 9.59 Å². The van der Waals surface area contributed by atoms with Crippen LogP contribution < -0.4 is 15.5 Å². The monoisotopic (exact) mass is 331 g/mol. The van der Waals surface area contributed by atoms with E-state index in [9.17, 15) is 9.59 Å². The predicted octanol–water partition coefficient (Wildman–Crippen LogP) is 2.25. The number of carbonyl (C=O) groups excluding carboxylic acids is 2. The lowest BCUT2D eigenvalue weighted by Gasteiger charge is -2.22. The summed E-state index contributed by atoms with van der Waals surface area (Å²) in [6, 6.07) is 8.75. The van der Waals surface area contributed by atoms with Crippen LogP contribution in [0.2, 0.25) is 0 Å². The summed E-state index contributed by atoms with van der Waals surface area (Å²) in [6.45, 7) is 5.09. The summed E-state index contributed by atoms with van der Waals surface area (Å²) in [5.74, 6) is -1.10. The molecule has 1 aliphatic rings. The Morgan fingerprint density at radius 2 is 1.58 bits per heavy atom. The molecule has 1 aliphatic heterocycles. The van der Waals surface area contributed by atoms with Gasteiger partial charge in [-0.15, -0.1) is 0 Å². The van der Waals surface area contributed by atoms with Crippen LogP contribution in [0, 0.1) is 0 Å². The normalized spacial score (nSPS) is 14.8. The third-order valence-corrected chi connectivity index (χ3v) is 4.38. The fourth-order valence-electron chi connectivity index (χ4n) is 3.02. The number of hydrogen-bond donors (Lipinski definition) is 2. The van der Waals surface area contributed by atoms with Crippen molar-refractivity contribution in [3.8, 4) is 0 Å². The summed E-state index contributed by atoms with van der Waals surface area (Å²) in [7, 11) is 0. The number of hydrogen-bond acceptors (Lipinski definition) is 3. The Hall–Kier alpha value is -2.04. The van der Waals surface area contributed by atoms with E-state index in [4.69, 9.17) is 0 Å². The minimum atomic E-state index is -0.556. The molecule has 1 fully saturated rings. The number of rotatable bonds is 6. The van der Waals surface area contributed by atoms with E-state index in [1.54, 1.807) is 6.92 Å². The Balaban J connectivity index is 1.72. The molecule has 0 saturated carbocycles. The molecule has 0 atom stereocenters. The zero-order valence-corrected chi connectivity index (χ0v) is 14.6. The average molecular weight is 331 g/mol. The summed E-state index contributed by atoms with van der Waals surface area (Å²) >= 11 is 0. The van der Waals surface area contributed by atoms with E-state index >= 15 is 0 Å². The van der Waals surface area contributed by atoms with Crippen molar-refractivity contribution in [3.05, 3.63) is 29.8 Å². The molecule has 5 nitrogen and oxygen atoms in total. The molecule has 2 amide bonds. The fourth-order valence-corrected chi connectivity index (χ4v) is 3.02. The lowest BCUT2D eigenvalue weighted by atomic mass is 10.1. The van der Waals surface area contributed by atoms with Crippen LogP contribution in [0.3, 0.4) is 0 Å². The molecule has 1 saturated heterocycles. The first kappa shape index (κ1) is 18.3. The number of aryl methyl sites for hydroxylation is 1. The van der Waals surface area contributed by atoms with Crippen LogP contribution in [-0.2, 0) is 16.0 Å². The largest absolute Gasteiger partial charge is 0.372 e. The number of amides is 2. The Labute approximate surface area is 144 Å². The van der Waals surface area contributed by atoms with Gasteiger partial charge in [0.15, 0.2) is 0 Å². The van der Waals surface area contributed by atoms with E-state index in [2.05, 4.69) is 39.8 Å². The average Bonchev–Trinajstić information content (AvgIpc) is 2.88. The SMILES string of the molecule is CCNC(=O)C(=O)NCCCc1ccc(N2CCCCCC2)cc1. The zero-order valence-electron chi connectivity index (χ0n) is 14.6. The first-order chi connectivity index (χ1) is 11.7. The highest BCUT2D eigenvalue weighted by Crippen LogP contribution is 2.20. The van der Waals surface area contributed by atoms with Crippen molar-refractivity contribution in [2.24, 2.45) is 0 Å². The Kier molecular flexibility index (Phi) is 7.59. The smallest absolute Gasteiger partial charge is 0.309 e. The molecule has 5 heteroatoms. The van der Waals surface area contributed by atoms with Crippen LogP contribution in [0.5, 0.6) is 0 Å². The molecule has 0 spiro atoms. The molecule has 0 radical (unpaired) electrons.